The van der Waals surface area contributed by atoms with E-state index in [1.54, 1.807) is 0 Å². The predicted octanol–water partition coefficient (Wildman–Crippen LogP) is -0.296. The Bertz CT molecular complexity index is 577. The summed E-state index contributed by atoms with van der Waals surface area (Å²) in [7, 11) is 0. The third-order valence-corrected chi connectivity index (χ3v) is 3.49. The first-order valence-electron chi connectivity index (χ1n) is 6.74. The van der Waals surface area contributed by atoms with Gasteiger partial charge in [0.15, 0.2) is 0 Å². The molecular formula is C14H15N3O4. The predicted molar refractivity (Wildman–Crippen MR) is 72.7 cm³/mol. The Morgan fingerprint density at radius 3 is 2.86 bits per heavy atom. The number of carbonyl (C=O) groups excluding carboxylic acids is 3. The summed E-state index contributed by atoms with van der Waals surface area (Å²) in [6.45, 7) is 0.371. The molecule has 4 amide bonds. The van der Waals surface area contributed by atoms with Gasteiger partial charge in [0, 0.05) is 6.42 Å². The molecule has 1 aromatic rings. The Morgan fingerprint density at radius 2 is 2.14 bits per heavy atom. The van der Waals surface area contributed by atoms with Gasteiger partial charge in [-0.15, -0.1) is 0 Å². The van der Waals surface area contributed by atoms with Crippen molar-refractivity contribution >= 4 is 17.8 Å². The summed E-state index contributed by atoms with van der Waals surface area (Å²) in [6, 6.07) is 6.39. The number of imide groups is 1. The lowest BCUT2D eigenvalue weighted by atomic mass is 10.1. The maximum Gasteiger partial charge on any atom is 0.322 e. The number of rotatable bonds is 4. The van der Waals surface area contributed by atoms with Crippen LogP contribution in [0.5, 0.6) is 5.75 Å². The summed E-state index contributed by atoms with van der Waals surface area (Å²) >= 11 is 0. The molecule has 1 fully saturated rings. The summed E-state index contributed by atoms with van der Waals surface area (Å²) in [5.74, 6) is 0.0794. The lowest BCUT2D eigenvalue weighted by Gasteiger charge is -2.13. The fourth-order valence-electron chi connectivity index (χ4n) is 2.46. The zero-order valence-corrected chi connectivity index (χ0v) is 11.2. The van der Waals surface area contributed by atoms with Crippen LogP contribution in [-0.4, -0.2) is 36.5 Å². The molecule has 0 spiro atoms. The van der Waals surface area contributed by atoms with Gasteiger partial charge in [0.1, 0.15) is 17.9 Å². The molecule has 2 heterocycles. The molecule has 2 atom stereocenters. The fourth-order valence-corrected chi connectivity index (χ4v) is 2.46. The molecule has 0 aromatic heterocycles. The van der Waals surface area contributed by atoms with Gasteiger partial charge in [-0.3, -0.25) is 14.9 Å². The third-order valence-electron chi connectivity index (χ3n) is 3.49. The van der Waals surface area contributed by atoms with Gasteiger partial charge in [-0.25, -0.2) is 4.79 Å². The first kappa shape index (κ1) is 13.4. The van der Waals surface area contributed by atoms with Crippen LogP contribution in [0.2, 0.25) is 0 Å². The first-order chi connectivity index (χ1) is 10.1. The van der Waals surface area contributed by atoms with Crippen LogP contribution in [0.3, 0.4) is 0 Å². The van der Waals surface area contributed by atoms with Crippen molar-refractivity contribution in [3.8, 4) is 5.75 Å². The number of benzene rings is 1. The molecular weight excluding hydrogens is 274 g/mol. The minimum absolute atomic E-state index is 0.0722. The van der Waals surface area contributed by atoms with Gasteiger partial charge in [-0.1, -0.05) is 18.2 Å². The second-order valence-corrected chi connectivity index (χ2v) is 5.08. The number of hydrogen-bond acceptors (Lipinski definition) is 4. The highest BCUT2D eigenvalue weighted by Crippen LogP contribution is 2.27. The van der Waals surface area contributed by atoms with Gasteiger partial charge in [0.05, 0.1) is 13.0 Å². The molecule has 2 aliphatic rings. The molecule has 0 unspecified atom stereocenters. The van der Waals surface area contributed by atoms with Crippen molar-refractivity contribution in [1.82, 2.24) is 16.0 Å². The normalized spacial score (nSPS) is 23.0. The van der Waals surface area contributed by atoms with E-state index in [1.807, 2.05) is 24.3 Å². The van der Waals surface area contributed by atoms with E-state index in [0.29, 0.717) is 6.54 Å². The number of nitrogens with one attached hydrogen (secondary N) is 3. The SMILES string of the molecule is O=C(C[C@@H]1NC(=O)NC1=O)NC[C@@H]1Cc2ccccc2O1. The van der Waals surface area contributed by atoms with Gasteiger partial charge in [-0.2, -0.15) is 0 Å². The van der Waals surface area contributed by atoms with Crippen LogP contribution in [0.4, 0.5) is 4.79 Å². The van der Waals surface area contributed by atoms with Crippen LogP contribution in [0.25, 0.3) is 0 Å². The van der Waals surface area contributed by atoms with Crippen LogP contribution in [0.1, 0.15) is 12.0 Å². The molecule has 1 aromatic carbocycles. The Labute approximate surface area is 121 Å². The molecule has 3 N–H and O–H groups in total. The summed E-state index contributed by atoms with van der Waals surface area (Å²) in [4.78, 5) is 34.1. The molecule has 0 bridgehead atoms. The van der Waals surface area contributed by atoms with E-state index in [0.717, 1.165) is 17.7 Å². The zero-order chi connectivity index (χ0) is 14.8. The molecule has 7 heteroatoms. The molecule has 2 aliphatic heterocycles. The van der Waals surface area contributed by atoms with Crippen molar-refractivity contribution in [3.05, 3.63) is 29.8 Å². The second kappa shape index (κ2) is 5.43. The van der Waals surface area contributed by atoms with Crippen LogP contribution >= 0.6 is 0 Å². The summed E-state index contributed by atoms with van der Waals surface area (Å²) in [5, 5.41) is 7.20. The summed E-state index contributed by atoms with van der Waals surface area (Å²) < 4.78 is 5.70. The first-order valence-corrected chi connectivity index (χ1v) is 6.74. The Kier molecular flexibility index (Phi) is 3.47. The molecule has 1 saturated heterocycles. The average molecular weight is 289 g/mol. The number of hydrogen-bond donors (Lipinski definition) is 3. The van der Waals surface area contributed by atoms with E-state index in [1.165, 1.54) is 0 Å². The Hall–Kier alpha value is -2.57. The standard InChI is InChI=1S/C14H15N3O4/c18-12(6-10-13(19)17-14(20)16-10)15-7-9-5-8-3-1-2-4-11(8)21-9/h1-4,9-10H,5-7H2,(H,15,18)(H2,16,17,19,20)/t9-,10-/m0/s1. The highest BCUT2D eigenvalue weighted by molar-refractivity contribution is 6.05. The van der Waals surface area contributed by atoms with Crippen molar-refractivity contribution in [2.24, 2.45) is 0 Å². The summed E-state index contributed by atoms with van der Waals surface area (Å²) in [5.41, 5.74) is 1.12. The van der Waals surface area contributed by atoms with Crippen molar-refractivity contribution in [2.45, 2.75) is 25.0 Å². The molecule has 21 heavy (non-hydrogen) atoms. The monoisotopic (exact) mass is 289 g/mol. The quantitative estimate of drug-likeness (QED) is 0.663. The number of fused-ring (bicyclic) bond motifs is 1. The number of para-hydroxylation sites is 1. The molecule has 110 valence electrons. The van der Waals surface area contributed by atoms with Gasteiger partial charge in [0.2, 0.25) is 5.91 Å². The maximum atomic E-state index is 11.8. The van der Waals surface area contributed by atoms with E-state index < -0.39 is 18.0 Å². The topological polar surface area (TPSA) is 96.5 Å². The van der Waals surface area contributed by atoms with E-state index in [9.17, 15) is 14.4 Å². The number of urea groups is 1. The Balaban J connectivity index is 1.45. The average Bonchev–Trinajstić information content (AvgIpc) is 2.99. The van der Waals surface area contributed by atoms with Crippen LogP contribution in [0.15, 0.2) is 24.3 Å². The molecule has 7 nitrogen and oxygen atoms in total. The lowest BCUT2D eigenvalue weighted by Crippen LogP contribution is -2.39. The molecule has 0 saturated carbocycles. The van der Waals surface area contributed by atoms with Crippen molar-refractivity contribution < 1.29 is 19.1 Å². The largest absolute Gasteiger partial charge is 0.488 e. The Morgan fingerprint density at radius 1 is 1.33 bits per heavy atom. The number of ether oxygens (including phenoxy) is 1. The molecule has 3 rings (SSSR count). The van der Waals surface area contributed by atoms with Crippen molar-refractivity contribution in [3.63, 3.8) is 0 Å². The molecule has 0 radical (unpaired) electrons. The van der Waals surface area contributed by atoms with E-state index >= 15 is 0 Å². The lowest BCUT2D eigenvalue weighted by molar-refractivity contribution is -0.126. The van der Waals surface area contributed by atoms with Crippen molar-refractivity contribution in [2.75, 3.05) is 6.54 Å². The van der Waals surface area contributed by atoms with Gasteiger partial charge >= 0.3 is 6.03 Å². The minimum Gasteiger partial charge on any atom is -0.488 e. The van der Waals surface area contributed by atoms with E-state index in [4.69, 9.17) is 4.74 Å². The van der Waals surface area contributed by atoms with Gasteiger partial charge < -0.3 is 15.4 Å². The van der Waals surface area contributed by atoms with Crippen LogP contribution in [-0.2, 0) is 16.0 Å². The summed E-state index contributed by atoms with van der Waals surface area (Å²) in [6.07, 6.45) is 0.576. The second-order valence-electron chi connectivity index (χ2n) is 5.08. The van der Waals surface area contributed by atoms with Crippen LogP contribution in [0, 0.1) is 0 Å². The smallest absolute Gasteiger partial charge is 0.322 e. The highest BCUT2D eigenvalue weighted by atomic mass is 16.5. The van der Waals surface area contributed by atoms with Crippen LogP contribution < -0.4 is 20.7 Å². The zero-order valence-electron chi connectivity index (χ0n) is 11.2. The van der Waals surface area contributed by atoms with Gasteiger partial charge in [-0.05, 0) is 11.6 Å². The fraction of sp³-hybridized carbons (Fsp3) is 0.357. The maximum absolute atomic E-state index is 11.8. The highest BCUT2D eigenvalue weighted by Gasteiger charge is 2.31. The van der Waals surface area contributed by atoms with E-state index in [-0.39, 0.29) is 18.4 Å². The molecule has 0 aliphatic carbocycles. The third kappa shape index (κ3) is 2.96. The van der Waals surface area contributed by atoms with E-state index in [2.05, 4.69) is 16.0 Å². The number of carbonyl (C=O) groups is 3. The van der Waals surface area contributed by atoms with Crippen molar-refractivity contribution in [1.29, 1.82) is 0 Å². The van der Waals surface area contributed by atoms with Gasteiger partial charge in [0.25, 0.3) is 5.91 Å². The minimum atomic E-state index is -0.792. The number of amides is 4.